The van der Waals surface area contributed by atoms with Gasteiger partial charge in [-0.1, -0.05) is 29.4 Å². The van der Waals surface area contributed by atoms with Crippen molar-refractivity contribution in [2.45, 2.75) is 10.8 Å². The van der Waals surface area contributed by atoms with Gasteiger partial charge in [-0.25, -0.2) is 15.0 Å². The number of benzene rings is 1. The number of β-amino-alcohol motifs (C(OH)–C–C–N with tert-alkyl or cyclic N) is 1. The number of thioether (sulfide) groups is 1. The monoisotopic (exact) mass is 484 g/mol. The number of nitrogens with one attached hydrogen (secondary N) is 1. The van der Waals surface area contributed by atoms with Crippen LogP contribution in [0.2, 0.25) is 5.02 Å². The Morgan fingerprint density at radius 1 is 1.09 bits per heavy atom. The third kappa shape index (κ3) is 6.42. The number of hydrogen-bond acceptors (Lipinski definition) is 8. The van der Waals surface area contributed by atoms with Gasteiger partial charge in [-0.2, -0.15) is 0 Å². The molecule has 1 amide bonds. The fraction of sp³-hybridized carbons (Fsp3) is 0.304. The van der Waals surface area contributed by atoms with E-state index in [4.69, 9.17) is 21.7 Å². The molecule has 0 radical (unpaired) electrons. The predicted molar refractivity (Wildman–Crippen MR) is 131 cm³/mol. The van der Waals surface area contributed by atoms with E-state index >= 15 is 0 Å². The molecule has 8 nitrogen and oxygen atoms in total. The van der Waals surface area contributed by atoms with Crippen molar-refractivity contribution in [3.8, 4) is 0 Å². The van der Waals surface area contributed by atoms with Gasteiger partial charge in [0.05, 0.1) is 17.9 Å². The van der Waals surface area contributed by atoms with Gasteiger partial charge in [-0.3, -0.25) is 9.69 Å². The van der Waals surface area contributed by atoms with Crippen molar-refractivity contribution in [3.63, 3.8) is 0 Å². The molecule has 172 valence electrons. The van der Waals surface area contributed by atoms with Crippen LogP contribution in [0.15, 0.2) is 59.9 Å². The number of pyridine rings is 1. The molecule has 0 atom stereocenters. The largest absolute Gasteiger partial charge is 0.395 e. The number of halogens is 1. The van der Waals surface area contributed by atoms with Gasteiger partial charge < -0.3 is 15.3 Å². The minimum atomic E-state index is -0.239. The first-order valence-electron chi connectivity index (χ1n) is 10.7. The van der Waals surface area contributed by atoms with Crippen LogP contribution in [0.5, 0.6) is 0 Å². The summed E-state index contributed by atoms with van der Waals surface area (Å²) in [7, 11) is 0. The fourth-order valence-electron chi connectivity index (χ4n) is 3.52. The number of rotatable bonds is 8. The molecule has 1 aromatic carbocycles. The van der Waals surface area contributed by atoms with E-state index < -0.39 is 0 Å². The highest BCUT2D eigenvalue weighted by atomic mass is 35.5. The number of carbonyl (C=O) groups is 1. The lowest BCUT2D eigenvalue weighted by Gasteiger charge is -2.34. The number of aromatic nitrogens is 3. The van der Waals surface area contributed by atoms with Gasteiger partial charge in [-0.15, -0.1) is 0 Å². The molecular formula is C23H25ClN6O2S. The molecule has 2 N–H and O–H groups in total. The molecule has 10 heteroatoms. The van der Waals surface area contributed by atoms with E-state index in [2.05, 4.69) is 25.1 Å². The quantitative estimate of drug-likeness (QED) is 0.471. The van der Waals surface area contributed by atoms with Crippen LogP contribution >= 0.6 is 23.4 Å². The van der Waals surface area contributed by atoms with Crippen molar-refractivity contribution in [2.75, 3.05) is 49.5 Å². The molecular weight excluding hydrogens is 460 g/mol. The number of amides is 1. The highest BCUT2D eigenvalue weighted by Gasteiger charge is 2.19. The van der Waals surface area contributed by atoms with Crippen molar-refractivity contribution in [1.82, 2.24) is 19.9 Å². The Labute approximate surface area is 202 Å². The lowest BCUT2D eigenvalue weighted by atomic mass is 10.2. The van der Waals surface area contributed by atoms with Gasteiger partial charge in [0.1, 0.15) is 5.03 Å². The maximum absolute atomic E-state index is 12.8. The number of nitrogens with zero attached hydrogens (tertiary/aromatic N) is 5. The zero-order chi connectivity index (χ0) is 23.0. The smallest absolute Gasteiger partial charge is 0.258 e. The Morgan fingerprint density at radius 2 is 1.94 bits per heavy atom. The third-order valence-corrected chi connectivity index (χ3v) is 6.50. The van der Waals surface area contributed by atoms with Crippen LogP contribution < -0.4 is 10.2 Å². The van der Waals surface area contributed by atoms with E-state index in [9.17, 15) is 4.79 Å². The van der Waals surface area contributed by atoms with Gasteiger partial charge in [-0.05, 0) is 36.4 Å². The summed E-state index contributed by atoms with van der Waals surface area (Å²) in [5.74, 6) is 1.03. The molecule has 4 rings (SSSR count). The second kappa shape index (κ2) is 11.4. The summed E-state index contributed by atoms with van der Waals surface area (Å²) in [6, 6.07) is 12.4. The molecule has 0 unspecified atom stereocenters. The Bertz CT molecular complexity index is 1090. The Morgan fingerprint density at radius 3 is 2.73 bits per heavy atom. The maximum Gasteiger partial charge on any atom is 0.258 e. The fourth-order valence-corrected chi connectivity index (χ4v) is 4.60. The molecule has 0 spiro atoms. The van der Waals surface area contributed by atoms with Gasteiger partial charge in [0.15, 0.2) is 0 Å². The number of aliphatic hydroxyl groups excluding tert-OH is 1. The SMILES string of the molecule is O=C(Nc1cccc(Cl)c1)c1cccnc1SCc1ccnc(N2CCN(CCO)CC2)n1. The summed E-state index contributed by atoms with van der Waals surface area (Å²) in [5.41, 5.74) is 2.00. The lowest BCUT2D eigenvalue weighted by Crippen LogP contribution is -2.47. The Balaban J connectivity index is 1.40. The van der Waals surface area contributed by atoms with Crippen molar-refractivity contribution in [2.24, 2.45) is 0 Å². The molecule has 3 heterocycles. The van der Waals surface area contributed by atoms with Crippen molar-refractivity contribution < 1.29 is 9.90 Å². The van der Waals surface area contributed by atoms with Crippen molar-refractivity contribution in [3.05, 3.63) is 71.1 Å². The van der Waals surface area contributed by atoms with Gasteiger partial charge >= 0.3 is 0 Å². The topological polar surface area (TPSA) is 94.5 Å². The van der Waals surface area contributed by atoms with E-state index in [1.807, 2.05) is 6.07 Å². The average Bonchev–Trinajstić information content (AvgIpc) is 2.84. The van der Waals surface area contributed by atoms with E-state index in [-0.39, 0.29) is 12.5 Å². The third-order valence-electron chi connectivity index (χ3n) is 5.23. The van der Waals surface area contributed by atoms with Crippen LogP contribution in [-0.4, -0.2) is 70.2 Å². The second-order valence-electron chi connectivity index (χ2n) is 7.51. The van der Waals surface area contributed by atoms with Crippen molar-refractivity contribution >= 4 is 40.9 Å². The molecule has 33 heavy (non-hydrogen) atoms. The van der Waals surface area contributed by atoms with Gasteiger partial charge in [0.2, 0.25) is 5.95 Å². The molecule has 1 fully saturated rings. The first-order chi connectivity index (χ1) is 16.1. The van der Waals surface area contributed by atoms with E-state index in [0.29, 0.717) is 39.5 Å². The van der Waals surface area contributed by atoms with Crippen LogP contribution in [0.25, 0.3) is 0 Å². The van der Waals surface area contributed by atoms with Crippen LogP contribution in [0.4, 0.5) is 11.6 Å². The van der Waals surface area contributed by atoms with Crippen molar-refractivity contribution in [1.29, 1.82) is 0 Å². The molecule has 2 aromatic heterocycles. The predicted octanol–water partition coefficient (Wildman–Crippen LogP) is 3.18. The summed E-state index contributed by atoms with van der Waals surface area (Å²) in [4.78, 5) is 30.8. The van der Waals surface area contributed by atoms with Crippen LogP contribution in [0.1, 0.15) is 16.1 Å². The first kappa shape index (κ1) is 23.4. The maximum atomic E-state index is 12.8. The molecule has 0 aliphatic carbocycles. The second-order valence-corrected chi connectivity index (χ2v) is 8.91. The summed E-state index contributed by atoms with van der Waals surface area (Å²) < 4.78 is 0. The average molecular weight is 485 g/mol. The zero-order valence-electron chi connectivity index (χ0n) is 18.0. The number of carbonyl (C=O) groups excluding carboxylic acids is 1. The molecule has 1 aliphatic rings. The summed E-state index contributed by atoms with van der Waals surface area (Å²) in [6.45, 7) is 4.28. The van der Waals surface area contributed by atoms with Crippen LogP contribution in [-0.2, 0) is 5.75 Å². The minimum absolute atomic E-state index is 0.176. The lowest BCUT2D eigenvalue weighted by molar-refractivity contribution is 0.102. The number of aliphatic hydroxyl groups is 1. The Hall–Kier alpha value is -2.72. The van der Waals surface area contributed by atoms with E-state index in [1.165, 1.54) is 11.8 Å². The molecule has 3 aromatic rings. The normalized spacial score (nSPS) is 14.3. The van der Waals surface area contributed by atoms with E-state index in [1.54, 1.807) is 48.8 Å². The Kier molecular flexibility index (Phi) is 8.11. The number of hydrogen-bond donors (Lipinski definition) is 2. The zero-order valence-corrected chi connectivity index (χ0v) is 19.6. The van der Waals surface area contributed by atoms with Crippen LogP contribution in [0.3, 0.4) is 0 Å². The van der Waals surface area contributed by atoms with Crippen LogP contribution in [0, 0.1) is 0 Å². The first-order valence-corrected chi connectivity index (χ1v) is 12.0. The molecule has 0 saturated carbocycles. The minimum Gasteiger partial charge on any atom is -0.395 e. The summed E-state index contributed by atoms with van der Waals surface area (Å²) in [6.07, 6.45) is 3.44. The molecule has 0 bridgehead atoms. The van der Waals surface area contributed by atoms with Gasteiger partial charge in [0, 0.05) is 61.6 Å². The molecule has 1 aliphatic heterocycles. The number of anilines is 2. The summed E-state index contributed by atoms with van der Waals surface area (Å²) in [5, 5.41) is 13.2. The van der Waals surface area contributed by atoms with Gasteiger partial charge in [0.25, 0.3) is 5.91 Å². The standard InChI is InChI=1S/C23H25ClN6O2S/c24-17-3-1-4-18(15-17)27-21(32)20-5-2-7-25-22(20)33-16-19-6-8-26-23(28-19)30-11-9-29(10-12-30)13-14-31/h1-8,15,31H,9-14,16H2,(H,27,32). The van der Waals surface area contributed by atoms with E-state index in [0.717, 1.165) is 31.9 Å². The summed E-state index contributed by atoms with van der Waals surface area (Å²) >= 11 is 7.48. The number of piperazine rings is 1. The molecule has 1 saturated heterocycles. The highest BCUT2D eigenvalue weighted by molar-refractivity contribution is 7.98. The highest BCUT2D eigenvalue weighted by Crippen LogP contribution is 2.25.